The number of hydrogen-bond donors (Lipinski definition) is 1. The second kappa shape index (κ2) is 15.0. The van der Waals surface area contributed by atoms with Gasteiger partial charge in [-0.15, -0.1) is 0 Å². The van der Waals surface area contributed by atoms with Crippen LogP contribution in [-0.2, 0) is 25.5 Å². The summed E-state index contributed by atoms with van der Waals surface area (Å²) in [6, 6.07) is 18.5. The van der Waals surface area contributed by atoms with E-state index in [0.29, 0.717) is 18.6 Å². The van der Waals surface area contributed by atoms with Crippen LogP contribution in [0.15, 0.2) is 66.9 Å². The van der Waals surface area contributed by atoms with Crippen LogP contribution in [0.5, 0.6) is 17.2 Å². The summed E-state index contributed by atoms with van der Waals surface area (Å²) >= 11 is 0. The summed E-state index contributed by atoms with van der Waals surface area (Å²) in [6.45, 7) is 4.67. The van der Waals surface area contributed by atoms with Crippen molar-refractivity contribution in [1.29, 1.82) is 0 Å². The third-order valence-corrected chi connectivity index (χ3v) is 7.29. The molecule has 10 nitrogen and oxygen atoms in total. The number of carbonyl (C=O) groups is 3. The number of pyridine rings is 1. The summed E-state index contributed by atoms with van der Waals surface area (Å²) in [4.78, 5) is 42.2. The van der Waals surface area contributed by atoms with E-state index in [1.165, 1.54) is 37.4 Å². The van der Waals surface area contributed by atoms with Crippen molar-refractivity contribution < 1.29 is 38.1 Å². The molecule has 1 amide bonds. The number of amides is 1. The molecule has 0 bridgehead atoms. The number of aryl methyl sites for hydroxylation is 1. The first-order chi connectivity index (χ1) is 20.7. The molecule has 2 heterocycles. The van der Waals surface area contributed by atoms with Crippen molar-refractivity contribution in [3.05, 3.63) is 83.7 Å². The van der Waals surface area contributed by atoms with Gasteiger partial charge in [-0.3, -0.25) is 9.59 Å². The molecule has 0 unspecified atom stereocenters. The van der Waals surface area contributed by atoms with E-state index in [1.807, 2.05) is 37.3 Å². The fourth-order valence-electron chi connectivity index (χ4n) is 5.10. The average Bonchev–Trinajstić information content (AvgIpc) is 3.04. The molecule has 0 spiro atoms. The fourth-order valence-corrected chi connectivity index (χ4v) is 5.10. The molecule has 10 heteroatoms. The van der Waals surface area contributed by atoms with Gasteiger partial charge < -0.3 is 29.0 Å². The molecule has 1 fully saturated rings. The van der Waals surface area contributed by atoms with Gasteiger partial charge >= 0.3 is 11.9 Å². The molecular formula is C33H38N2O8. The van der Waals surface area contributed by atoms with Crippen molar-refractivity contribution in [3.8, 4) is 17.2 Å². The Kier molecular flexibility index (Phi) is 11.0. The number of ether oxygens (including phenoxy) is 5. The first-order valence-electron chi connectivity index (χ1n) is 14.3. The van der Waals surface area contributed by atoms with Crippen LogP contribution in [0.2, 0.25) is 0 Å². The number of cyclic esters (lactones) is 1. The molecule has 0 saturated carbocycles. The number of aromatic nitrogens is 1. The Morgan fingerprint density at radius 1 is 1.05 bits per heavy atom. The van der Waals surface area contributed by atoms with Crippen LogP contribution >= 0.6 is 0 Å². The maximum atomic E-state index is 13.4. The second-order valence-corrected chi connectivity index (χ2v) is 10.5. The Bertz CT molecular complexity index is 1380. The number of hydrogen-bond acceptors (Lipinski definition) is 9. The zero-order valence-electron chi connectivity index (χ0n) is 24.9. The normalized spacial score (nSPS) is 20.4. The number of esters is 2. The fraction of sp³-hybridized carbons (Fsp3) is 0.394. The maximum Gasteiger partial charge on any atom is 0.329 e. The van der Waals surface area contributed by atoms with Crippen molar-refractivity contribution in [2.45, 2.75) is 64.7 Å². The molecule has 228 valence electrons. The van der Waals surface area contributed by atoms with E-state index in [4.69, 9.17) is 23.7 Å². The van der Waals surface area contributed by atoms with E-state index >= 15 is 0 Å². The number of benzene rings is 2. The zero-order chi connectivity index (χ0) is 30.8. The van der Waals surface area contributed by atoms with E-state index in [0.717, 1.165) is 12.8 Å². The van der Waals surface area contributed by atoms with E-state index in [2.05, 4.69) is 41.5 Å². The Balaban J connectivity index is 1.54. The lowest BCUT2D eigenvalue weighted by Gasteiger charge is -2.32. The van der Waals surface area contributed by atoms with Crippen LogP contribution in [0, 0.1) is 12.8 Å². The van der Waals surface area contributed by atoms with Crippen molar-refractivity contribution in [2.24, 2.45) is 5.92 Å². The van der Waals surface area contributed by atoms with Gasteiger partial charge in [-0.25, -0.2) is 9.78 Å². The molecule has 4 rings (SSSR count). The predicted molar refractivity (Wildman–Crippen MR) is 158 cm³/mol. The van der Waals surface area contributed by atoms with E-state index in [1.54, 1.807) is 0 Å². The molecule has 3 aromatic rings. The summed E-state index contributed by atoms with van der Waals surface area (Å²) in [6.07, 6.45) is 2.85. The number of nitrogens with zero attached hydrogens (tertiary/aromatic N) is 1. The van der Waals surface area contributed by atoms with E-state index < -0.39 is 42.9 Å². The zero-order valence-corrected chi connectivity index (χ0v) is 24.9. The van der Waals surface area contributed by atoms with Gasteiger partial charge in [-0.1, -0.05) is 54.4 Å². The number of methoxy groups -OCH3 is 1. The number of carbonyl (C=O) groups excluding carboxylic acids is 3. The second-order valence-electron chi connectivity index (χ2n) is 10.5. The third-order valence-electron chi connectivity index (χ3n) is 7.29. The largest absolute Gasteiger partial charge is 0.493 e. The van der Waals surface area contributed by atoms with Crippen LogP contribution in [0.3, 0.4) is 0 Å². The number of para-hydroxylation sites is 1. The molecule has 43 heavy (non-hydrogen) atoms. The van der Waals surface area contributed by atoms with Crippen molar-refractivity contribution in [1.82, 2.24) is 10.3 Å². The van der Waals surface area contributed by atoms with Crippen LogP contribution in [0.25, 0.3) is 0 Å². The SMILES string of the molecule is COc1ccnc(C(=O)N[C@H]2CCC[C@H](Cc3ccc(C)cc3)[C@@H](Oc3ccccc3)[C@H](C)OC2=O)c1OCOC(C)=O. The standard InChI is InChI=1S/C33H38N2O8/c1-21-13-15-24(16-14-21)19-25-9-8-12-27(33(38)42-22(2)30(25)43-26-10-6-5-7-11-26)35-32(37)29-31(41-20-40-23(3)36)28(39-4)17-18-34-29/h5-7,10-11,13-18,22,25,27,30H,8-9,12,19-20H2,1-4H3,(H,35,37)/t22-,25+,27-,30-/m0/s1. The molecule has 1 aliphatic heterocycles. The third kappa shape index (κ3) is 8.70. The van der Waals surface area contributed by atoms with Gasteiger partial charge in [0.15, 0.2) is 17.2 Å². The van der Waals surface area contributed by atoms with E-state index in [9.17, 15) is 14.4 Å². The number of rotatable bonds is 10. The van der Waals surface area contributed by atoms with Crippen molar-refractivity contribution >= 4 is 17.8 Å². The highest BCUT2D eigenvalue weighted by atomic mass is 16.7. The minimum absolute atomic E-state index is 0.0111. The van der Waals surface area contributed by atoms with Gasteiger partial charge in [-0.2, -0.15) is 0 Å². The summed E-state index contributed by atoms with van der Waals surface area (Å²) < 4.78 is 28.1. The van der Waals surface area contributed by atoms with Gasteiger partial charge in [0.2, 0.25) is 6.79 Å². The summed E-state index contributed by atoms with van der Waals surface area (Å²) in [7, 11) is 1.41. The molecule has 2 aromatic carbocycles. The smallest absolute Gasteiger partial charge is 0.329 e. The summed E-state index contributed by atoms with van der Waals surface area (Å²) in [5, 5.41) is 2.77. The van der Waals surface area contributed by atoms with Crippen LogP contribution < -0.4 is 19.5 Å². The highest BCUT2D eigenvalue weighted by Gasteiger charge is 2.36. The quantitative estimate of drug-likeness (QED) is 0.262. The Morgan fingerprint density at radius 3 is 2.49 bits per heavy atom. The topological polar surface area (TPSA) is 122 Å². The van der Waals surface area contributed by atoms with Crippen LogP contribution in [-0.4, -0.2) is 55.0 Å². The molecule has 1 saturated heterocycles. The van der Waals surface area contributed by atoms with Gasteiger partial charge in [0.05, 0.1) is 7.11 Å². The van der Waals surface area contributed by atoms with Crippen molar-refractivity contribution in [3.63, 3.8) is 0 Å². The minimum Gasteiger partial charge on any atom is -0.493 e. The maximum absolute atomic E-state index is 13.4. The van der Waals surface area contributed by atoms with Crippen molar-refractivity contribution in [2.75, 3.05) is 13.9 Å². The lowest BCUT2D eigenvalue weighted by Crippen LogP contribution is -2.45. The molecule has 4 atom stereocenters. The molecule has 1 aliphatic rings. The monoisotopic (exact) mass is 590 g/mol. The summed E-state index contributed by atoms with van der Waals surface area (Å²) in [5.41, 5.74) is 2.24. The van der Waals surface area contributed by atoms with Gasteiger partial charge in [0.25, 0.3) is 5.91 Å². The Morgan fingerprint density at radius 2 is 1.79 bits per heavy atom. The molecule has 0 aliphatic carbocycles. The average molecular weight is 591 g/mol. The highest BCUT2D eigenvalue weighted by molar-refractivity contribution is 5.98. The van der Waals surface area contributed by atoms with Crippen LogP contribution in [0.4, 0.5) is 0 Å². The highest BCUT2D eigenvalue weighted by Crippen LogP contribution is 2.31. The lowest BCUT2D eigenvalue weighted by atomic mass is 9.86. The first-order valence-corrected chi connectivity index (χ1v) is 14.3. The lowest BCUT2D eigenvalue weighted by molar-refractivity contribution is -0.156. The predicted octanol–water partition coefficient (Wildman–Crippen LogP) is 4.82. The number of nitrogens with one attached hydrogen (secondary N) is 1. The van der Waals surface area contributed by atoms with Gasteiger partial charge in [0.1, 0.15) is 24.0 Å². The van der Waals surface area contributed by atoms with E-state index in [-0.39, 0.29) is 23.1 Å². The summed E-state index contributed by atoms with van der Waals surface area (Å²) in [5.74, 6) is -0.824. The first kappa shape index (κ1) is 31.3. The Hall–Kier alpha value is -4.60. The van der Waals surface area contributed by atoms with Gasteiger partial charge in [0, 0.05) is 25.1 Å². The van der Waals surface area contributed by atoms with Gasteiger partial charge in [-0.05, 0) is 50.8 Å². The Labute approximate surface area is 251 Å². The van der Waals surface area contributed by atoms with Crippen LogP contribution in [0.1, 0.15) is 54.7 Å². The molecule has 1 N–H and O–H groups in total. The minimum atomic E-state index is -0.931. The molecular weight excluding hydrogens is 552 g/mol. The molecule has 0 radical (unpaired) electrons. The molecule has 1 aromatic heterocycles.